The minimum atomic E-state index is 0.909. The van der Waals surface area contributed by atoms with E-state index in [1.54, 1.807) is 0 Å². The molecule has 0 atom stereocenters. The van der Waals surface area contributed by atoms with Gasteiger partial charge >= 0.3 is 0 Å². The topological polar surface area (TPSA) is 35.6 Å². The van der Waals surface area contributed by atoms with Crippen molar-refractivity contribution in [2.45, 2.75) is 0 Å². The number of para-hydroxylation sites is 3. The number of fused-ring (bicyclic) bond motifs is 7. The van der Waals surface area contributed by atoms with Gasteiger partial charge in [0.05, 0.1) is 33.3 Å². The minimum Gasteiger partial charge on any atom is -0.309 e. The second-order valence-electron chi connectivity index (χ2n) is 15.4. The van der Waals surface area contributed by atoms with Gasteiger partial charge in [-0.25, -0.2) is 9.97 Å². The van der Waals surface area contributed by atoms with Crippen LogP contribution in [-0.2, 0) is 0 Å². The molecule has 0 amide bonds. The van der Waals surface area contributed by atoms with Crippen LogP contribution < -0.4 is 0 Å². The monoisotopic (exact) mass is 764 g/mol. The van der Waals surface area contributed by atoms with E-state index in [4.69, 9.17) is 9.97 Å². The van der Waals surface area contributed by atoms with Crippen LogP contribution in [0.3, 0.4) is 0 Å². The Hall–Kier alpha value is -8.08. The molecule has 280 valence electrons. The van der Waals surface area contributed by atoms with Crippen LogP contribution in [0, 0.1) is 0 Å². The van der Waals surface area contributed by atoms with Crippen molar-refractivity contribution in [3.05, 3.63) is 218 Å². The first-order valence-corrected chi connectivity index (χ1v) is 20.4. The third kappa shape index (κ3) is 5.53. The van der Waals surface area contributed by atoms with Gasteiger partial charge in [0.1, 0.15) is 5.82 Å². The largest absolute Gasteiger partial charge is 0.309 e. The predicted molar refractivity (Wildman–Crippen MR) is 250 cm³/mol. The average molecular weight is 765 g/mol. The van der Waals surface area contributed by atoms with Gasteiger partial charge in [0.2, 0.25) is 0 Å². The SMILES string of the molecule is c1ccc(-c2ccc(-n3c(-c4cccc(-c5ccc6c7cc8nc(-c9ccccc9)c9ccccc9c8cc7n(-c7ccccc7)c6c5)c4)nc4ccccc43)cc2)cc1. The summed E-state index contributed by atoms with van der Waals surface area (Å²) in [7, 11) is 0. The molecule has 0 saturated carbocycles. The molecular formula is C56H36N4. The van der Waals surface area contributed by atoms with Crippen LogP contribution in [0.15, 0.2) is 218 Å². The van der Waals surface area contributed by atoms with Crippen molar-refractivity contribution >= 4 is 54.5 Å². The molecule has 9 aromatic carbocycles. The Bertz CT molecular complexity index is 3570. The number of benzene rings is 9. The Morgan fingerprint density at radius 1 is 0.267 bits per heavy atom. The quantitative estimate of drug-likeness (QED) is 0.158. The van der Waals surface area contributed by atoms with Crippen molar-refractivity contribution in [2.24, 2.45) is 0 Å². The van der Waals surface area contributed by atoms with Gasteiger partial charge in [-0.15, -0.1) is 0 Å². The fraction of sp³-hybridized carbons (Fsp3) is 0. The van der Waals surface area contributed by atoms with Gasteiger partial charge in [0.15, 0.2) is 0 Å². The second-order valence-corrected chi connectivity index (χ2v) is 15.4. The van der Waals surface area contributed by atoms with E-state index in [1.807, 2.05) is 0 Å². The first-order valence-electron chi connectivity index (χ1n) is 20.4. The molecule has 0 aliphatic heterocycles. The van der Waals surface area contributed by atoms with Crippen LogP contribution in [0.4, 0.5) is 0 Å². The fourth-order valence-corrected chi connectivity index (χ4v) is 9.07. The molecule has 0 fully saturated rings. The van der Waals surface area contributed by atoms with Gasteiger partial charge in [-0.3, -0.25) is 4.57 Å². The van der Waals surface area contributed by atoms with E-state index in [2.05, 4.69) is 228 Å². The van der Waals surface area contributed by atoms with Gasteiger partial charge in [0.25, 0.3) is 0 Å². The van der Waals surface area contributed by atoms with Crippen molar-refractivity contribution in [1.29, 1.82) is 0 Å². The molecule has 0 bridgehead atoms. The Kier molecular flexibility index (Phi) is 7.82. The van der Waals surface area contributed by atoms with Crippen molar-refractivity contribution in [2.75, 3.05) is 0 Å². The summed E-state index contributed by atoms with van der Waals surface area (Å²) in [4.78, 5) is 10.6. The number of nitrogens with zero attached hydrogens (tertiary/aromatic N) is 4. The normalized spacial score (nSPS) is 11.7. The Balaban J connectivity index is 1.03. The zero-order valence-corrected chi connectivity index (χ0v) is 32.6. The van der Waals surface area contributed by atoms with Crippen LogP contribution in [0.5, 0.6) is 0 Å². The van der Waals surface area contributed by atoms with E-state index in [9.17, 15) is 0 Å². The molecule has 12 aromatic rings. The molecule has 3 heterocycles. The molecule has 4 nitrogen and oxygen atoms in total. The average Bonchev–Trinajstić information content (AvgIpc) is 3.87. The van der Waals surface area contributed by atoms with E-state index in [1.165, 1.54) is 27.3 Å². The van der Waals surface area contributed by atoms with Gasteiger partial charge < -0.3 is 4.57 Å². The summed E-state index contributed by atoms with van der Waals surface area (Å²) < 4.78 is 4.70. The lowest BCUT2D eigenvalue weighted by Crippen LogP contribution is -1.98. The van der Waals surface area contributed by atoms with Crippen LogP contribution in [0.25, 0.3) is 111 Å². The third-order valence-corrected chi connectivity index (χ3v) is 11.9. The van der Waals surface area contributed by atoms with Gasteiger partial charge in [-0.1, -0.05) is 158 Å². The molecule has 0 unspecified atom stereocenters. The first-order chi connectivity index (χ1) is 29.7. The molecule has 0 N–H and O–H groups in total. The number of aromatic nitrogens is 4. The molecule has 0 radical (unpaired) electrons. The highest BCUT2D eigenvalue weighted by molar-refractivity contribution is 6.19. The maximum Gasteiger partial charge on any atom is 0.145 e. The molecule has 12 rings (SSSR count). The van der Waals surface area contributed by atoms with Crippen molar-refractivity contribution < 1.29 is 0 Å². The summed E-state index contributed by atoms with van der Waals surface area (Å²) in [6, 6.07) is 77.9. The summed E-state index contributed by atoms with van der Waals surface area (Å²) in [6.45, 7) is 0. The maximum absolute atomic E-state index is 5.36. The summed E-state index contributed by atoms with van der Waals surface area (Å²) in [5, 5.41) is 5.85. The molecular weight excluding hydrogens is 729 g/mol. The van der Waals surface area contributed by atoms with E-state index in [-0.39, 0.29) is 0 Å². The standard InChI is InChI=1S/C56H36N4/c1-4-15-37(16-5-1)38-27-30-44(31-28-38)60-52-26-13-12-25-50(52)58-56(60)42-20-14-19-40(33-42)41-29-32-46-49-35-51-48(36-54(49)59(53(46)34-41)43-21-8-3-9-22-43)45-23-10-11-24-47(45)55(57-51)39-17-6-2-7-18-39/h1-36H. The van der Waals surface area contributed by atoms with Gasteiger partial charge in [0, 0.05) is 44.0 Å². The van der Waals surface area contributed by atoms with E-state index in [0.717, 1.165) is 83.5 Å². The number of hydrogen-bond acceptors (Lipinski definition) is 2. The summed E-state index contributed by atoms with van der Waals surface area (Å²) in [6.07, 6.45) is 0. The van der Waals surface area contributed by atoms with Crippen molar-refractivity contribution in [1.82, 2.24) is 19.1 Å². The molecule has 60 heavy (non-hydrogen) atoms. The van der Waals surface area contributed by atoms with Crippen molar-refractivity contribution in [3.63, 3.8) is 0 Å². The van der Waals surface area contributed by atoms with Crippen LogP contribution in [-0.4, -0.2) is 19.1 Å². The van der Waals surface area contributed by atoms with Crippen molar-refractivity contribution in [3.8, 4) is 56.3 Å². The highest BCUT2D eigenvalue weighted by atomic mass is 15.1. The van der Waals surface area contributed by atoms with Crippen LogP contribution in [0.2, 0.25) is 0 Å². The lowest BCUT2D eigenvalue weighted by molar-refractivity contribution is 1.10. The van der Waals surface area contributed by atoms with E-state index < -0.39 is 0 Å². The molecule has 3 aromatic heterocycles. The lowest BCUT2D eigenvalue weighted by atomic mass is 9.98. The Labute approximate surface area is 346 Å². The molecule has 4 heteroatoms. The van der Waals surface area contributed by atoms with E-state index in [0.29, 0.717) is 0 Å². The van der Waals surface area contributed by atoms with Gasteiger partial charge in [-0.2, -0.15) is 0 Å². The predicted octanol–water partition coefficient (Wildman–Crippen LogP) is 14.5. The van der Waals surface area contributed by atoms with Gasteiger partial charge in [-0.05, 0) is 88.3 Å². The second kappa shape index (κ2) is 13.8. The third-order valence-electron chi connectivity index (χ3n) is 11.9. The summed E-state index contributed by atoms with van der Waals surface area (Å²) in [5.41, 5.74) is 15.3. The fourth-order valence-electron chi connectivity index (χ4n) is 9.07. The smallest absolute Gasteiger partial charge is 0.145 e. The Morgan fingerprint density at radius 3 is 1.65 bits per heavy atom. The zero-order valence-electron chi connectivity index (χ0n) is 32.6. The van der Waals surface area contributed by atoms with Crippen LogP contribution >= 0.6 is 0 Å². The summed E-state index contributed by atoms with van der Waals surface area (Å²) in [5.74, 6) is 0.909. The minimum absolute atomic E-state index is 0.909. The number of imidazole rings is 1. The number of pyridine rings is 1. The molecule has 0 aliphatic carbocycles. The number of rotatable bonds is 6. The highest BCUT2D eigenvalue weighted by Gasteiger charge is 2.19. The Morgan fingerprint density at radius 2 is 0.850 bits per heavy atom. The lowest BCUT2D eigenvalue weighted by Gasteiger charge is -2.13. The molecule has 0 spiro atoms. The van der Waals surface area contributed by atoms with Crippen LogP contribution in [0.1, 0.15) is 0 Å². The number of hydrogen-bond donors (Lipinski definition) is 0. The highest BCUT2D eigenvalue weighted by Crippen LogP contribution is 2.41. The maximum atomic E-state index is 5.36. The van der Waals surface area contributed by atoms with E-state index >= 15 is 0 Å². The first kappa shape index (κ1) is 34.0. The summed E-state index contributed by atoms with van der Waals surface area (Å²) >= 11 is 0. The molecule has 0 aliphatic rings. The zero-order chi connectivity index (χ0) is 39.6. The molecule has 0 saturated heterocycles.